The lowest BCUT2D eigenvalue weighted by atomic mass is 9.88. The van der Waals surface area contributed by atoms with Gasteiger partial charge in [0.1, 0.15) is 5.82 Å². The highest BCUT2D eigenvalue weighted by atomic mass is 15.0. The molecule has 100 valence electrons. The fourth-order valence-corrected chi connectivity index (χ4v) is 2.54. The molecule has 0 bridgehead atoms. The molecule has 2 rings (SSSR count). The van der Waals surface area contributed by atoms with Gasteiger partial charge in [-0.2, -0.15) is 0 Å². The van der Waals surface area contributed by atoms with Gasteiger partial charge in [0.05, 0.1) is 17.6 Å². The van der Waals surface area contributed by atoms with Crippen LogP contribution in [0, 0.1) is 6.92 Å². The molecular formula is C14H24N4. The second-order valence-corrected chi connectivity index (χ2v) is 5.13. The van der Waals surface area contributed by atoms with Crippen LogP contribution >= 0.6 is 0 Å². The van der Waals surface area contributed by atoms with Crippen LogP contribution < -0.4 is 11.1 Å². The van der Waals surface area contributed by atoms with Crippen molar-refractivity contribution in [1.29, 1.82) is 0 Å². The third-order valence-electron chi connectivity index (χ3n) is 3.66. The Balaban J connectivity index is 1.99. The summed E-state index contributed by atoms with van der Waals surface area (Å²) in [6.07, 6.45) is 9.42. The van der Waals surface area contributed by atoms with Crippen LogP contribution in [0.4, 0.5) is 5.69 Å². The molecule has 0 aliphatic heterocycles. The van der Waals surface area contributed by atoms with Crippen molar-refractivity contribution >= 4 is 5.69 Å². The first kappa shape index (κ1) is 13.3. The maximum absolute atomic E-state index is 5.48. The van der Waals surface area contributed by atoms with E-state index >= 15 is 0 Å². The van der Waals surface area contributed by atoms with Crippen molar-refractivity contribution in [1.82, 2.24) is 9.97 Å². The van der Waals surface area contributed by atoms with E-state index in [-0.39, 0.29) is 0 Å². The molecule has 3 N–H and O–H groups in total. The minimum atomic E-state index is 0.579. The fourth-order valence-electron chi connectivity index (χ4n) is 2.54. The lowest BCUT2D eigenvalue weighted by Crippen LogP contribution is -2.13. The molecule has 0 saturated heterocycles. The normalized spacial score (nSPS) is 16.8. The van der Waals surface area contributed by atoms with Gasteiger partial charge in [-0.05, 0) is 32.7 Å². The number of hydrogen-bond donors (Lipinski definition) is 2. The molecule has 0 unspecified atom stereocenters. The van der Waals surface area contributed by atoms with Crippen molar-refractivity contribution in [2.75, 3.05) is 18.4 Å². The van der Waals surface area contributed by atoms with Crippen molar-refractivity contribution < 1.29 is 0 Å². The van der Waals surface area contributed by atoms with Crippen LogP contribution in [0.15, 0.2) is 6.20 Å². The quantitative estimate of drug-likeness (QED) is 0.786. The van der Waals surface area contributed by atoms with Gasteiger partial charge in [-0.25, -0.2) is 9.97 Å². The first-order valence-electron chi connectivity index (χ1n) is 7.08. The van der Waals surface area contributed by atoms with Gasteiger partial charge in [0.25, 0.3) is 0 Å². The molecule has 1 aromatic heterocycles. The van der Waals surface area contributed by atoms with Gasteiger partial charge in [0.2, 0.25) is 0 Å². The standard InChI is InChI=1S/C14H24N4/c1-11-13(16-9-5-8-15)10-17-14(18-11)12-6-3-2-4-7-12/h10,12,16H,2-9,15H2,1H3. The van der Waals surface area contributed by atoms with Gasteiger partial charge in [0, 0.05) is 12.5 Å². The van der Waals surface area contributed by atoms with E-state index in [0.29, 0.717) is 12.5 Å². The molecule has 1 aromatic rings. The predicted octanol–water partition coefficient (Wildman–Crippen LogP) is 2.59. The van der Waals surface area contributed by atoms with Crippen LogP contribution in [0.3, 0.4) is 0 Å². The number of nitrogens with zero attached hydrogens (tertiary/aromatic N) is 2. The summed E-state index contributed by atoms with van der Waals surface area (Å²) in [6.45, 7) is 3.66. The Morgan fingerprint density at radius 3 is 2.78 bits per heavy atom. The van der Waals surface area contributed by atoms with Crippen molar-refractivity contribution in [3.8, 4) is 0 Å². The predicted molar refractivity (Wildman–Crippen MR) is 74.8 cm³/mol. The molecule has 0 spiro atoms. The minimum Gasteiger partial charge on any atom is -0.382 e. The maximum atomic E-state index is 5.48. The zero-order chi connectivity index (χ0) is 12.8. The molecule has 18 heavy (non-hydrogen) atoms. The van der Waals surface area contributed by atoms with Crippen molar-refractivity contribution in [2.45, 2.75) is 51.4 Å². The Bertz CT molecular complexity index is 372. The smallest absolute Gasteiger partial charge is 0.131 e. The first-order chi connectivity index (χ1) is 8.81. The van der Waals surface area contributed by atoms with Crippen LogP contribution in [0.5, 0.6) is 0 Å². The number of nitrogens with two attached hydrogens (primary N) is 1. The van der Waals surface area contributed by atoms with Gasteiger partial charge in [0.15, 0.2) is 0 Å². The van der Waals surface area contributed by atoms with Crippen molar-refractivity contribution in [2.24, 2.45) is 5.73 Å². The summed E-state index contributed by atoms with van der Waals surface area (Å²) in [5, 5.41) is 3.34. The molecular weight excluding hydrogens is 224 g/mol. The van der Waals surface area contributed by atoms with Gasteiger partial charge in [-0.15, -0.1) is 0 Å². The molecule has 1 saturated carbocycles. The number of aromatic nitrogens is 2. The molecule has 4 heteroatoms. The highest BCUT2D eigenvalue weighted by Crippen LogP contribution is 2.31. The SMILES string of the molecule is Cc1nc(C2CCCCC2)ncc1NCCCN. The Labute approximate surface area is 109 Å². The molecule has 4 nitrogen and oxygen atoms in total. The first-order valence-corrected chi connectivity index (χ1v) is 7.08. The number of rotatable bonds is 5. The maximum Gasteiger partial charge on any atom is 0.131 e. The van der Waals surface area contributed by atoms with E-state index in [0.717, 1.165) is 30.2 Å². The Morgan fingerprint density at radius 1 is 1.33 bits per heavy atom. The van der Waals surface area contributed by atoms with Gasteiger partial charge in [-0.1, -0.05) is 19.3 Å². The van der Waals surface area contributed by atoms with E-state index in [1.165, 1.54) is 32.1 Å². The van der Waals surface area contributed by atoms with E-state index in [1.54, 1.807) is 0 Å². The van der Waals surface area contributed by atoms with E-state index in [9.17, 15) is 0 Å². The summed E-state index contributed by atoms with van der Waals surface area (Å²) < 4.78 is 0. The van der Waals surface area contributed by atoms with Crippen LogP contribution in [-0.4, -0.2) is 23.1 Å². The second-order valence-electron chi connectivity index (χ2n) is 5.13. The molecule has 1 heterocycles. The number of hydrogen-bond acceptors (Lipinski definition) is 4. The zero-order valence-corrected chi connectivity index (χ0v) is 11.3. The van der Waals surface area contributed by atoms with Crippen LogP contribution in [0.2, 0.25) is 0 Å². The highest BCUT2D eigenvalue weighted by molar-refractivity contribution is 5.45. The van der Waals surface area contributed by atoms with Gasteiger partial charge < -0.3 is 11.1 Å². The molecule has 1 aliphatic rings. The third kappa shape index (κ3) is 3.42. The van der Waals surface area contributed by atoms with Crippen LogP contribution in [-0.2, 0) is 0 Å². The monoisotopic (exact) mass is 248 g/mol. The minimum absolute atomic E-state index is 0.579. The average Bonchev–Trinajstić information content (AvgIpc) is 2.42. The molecule has 0 radical (unpaired) electrons. The summed E-state index contributed by atoms with van der Waals surface area (Å²) in [4.78, 5) is 9.21. The van der Waals surface area contributed by atoms with Crippen molar-refractivity contribution in [3.63, 3.8) is 0 Å². The fraction of sp³-hybridized carbons (Fsp3) is 0.714. The second kappa shape index (κ2) is 6.69. The lowest BCUT2D eigenvalue weighted by Gasteiger charge is -2.20. The molecule has 1 aliphatic carbocycles. The summed E-state index contributed by atoms with van der Waals surface area (Å²) in [5.41, 5.74) is 7.58. The summed E-state index contributed by atoms with van der Waals surface area (Å²) in [6, 6.07) is 0. The number of anilines is 1. The summed E-state index contributed by atoms with van der Waals surface area (Å²) >= 11 is 0. The van der Waals surface area contributed by atoms with Crippen molar-refractivity contribution in [3.05, 3.63) is 17.7 Å². The number of aryl methyl sites for hydroxylation is 1. The Kier molecular flexibility index (Phi) is 4.93. The van der Waals surface area contributed by atoms with Crippen LogP contribution in [0.25, 0.3) is 0 Å². The van der Waals surface area contributed by atoms with E-state index < -0.39 is 0 Å². The Hall–Kier alpha value is -1.16. The topological polar surface area (TPSA) is 63.8 Å². The van der Waals surface area contributed by atoms with Gasteiger partial charge in [-0.3, -0.25) is 0 Å². The lowest BCUT2D eigenvalue weighted by molar-refractivity contribution is 0.428. The van der Waals surface area contributed by atoms with Crippen LogP contribution in [0.1, 0.15) is 56.0 Å². The van der Waals surface area contributed by atoms with E-state index in [4.69, 9.17) is 5.73 Å². The van der Waals surface area contributed by atoms with Gasteiger partial charge >= 0.3 is 0 Å². The largest absolute Gasteiger partial charge is 0.382 e. The zero-order valence-electron chi connectivity index (χ0n) is 11.3. The molecule has 1 fully saturated rings. The van der Waals surface area contributed by atoms with E-state index in [1.807, 2.05) is 6.20 Å². The number of nitrogens with one attached hydrogen (secondary N) is 1. The summed E-state index contributed by atoms with van der Waals surface area (Å²) in [5.74, 6) is 1.62. The molecule has 0 atom stereocenters. The Morgan fingerprint density at radius 2 is 2.11 bits per heavy atom. The molecule has 0 amide bonds. The average molecular weight is 248 g/mol. The molecule has 0 aromatic carbocycles. The highest BCUT2D eigenvalue weighted by Gasteiger charge is 2.18. The van der Waals surface area contributed by atoms with E-state index in [2.05, 4.69) is 22.2 Å². The third-order valence-corrected chi connectivity index (χ3v) is 3.66. The summed E-state index contributed by atoms with van der Waals surface area (Å²) in [7, 11) is 0.